The predicted octanol–water partition coefficient (Wildman–Crippen LogP) is 11.8. The lowest BCUT2D eigenvalue weighted by Gasteiger charge is -2.36. The van der Waals surface area contributed by atoms with E-state index < -0.39 is 0 Å². The maximum atomic E-state index is 4.43. The smallest absolute Gasteiger partial charge is 0.0297 e. The van der Waals surface area contributed by atoms with Crippen LogP contribution < -0.4 is 0 Å². The van der Waals surface area contributed by atoms with Crippen LogP contribution in [0.1, 0.15) is 112 Å². The number of rotatable bonds is 21. The Morgan fingerprint density at radius 1 is 1.07 bits per heavy atom. The van der Waals surface area contributed by atoms with Crippen LogP contribution in [0.2, 0.25) is 0 Å². The van der Waals surface area contributed by atoms with Gasteiger partial charge in [0, 0.05) is 43.4 Å². The largest absolute Gasteiger partial charge is 0.296 e. The Bertz CT molecular complexity index is 1040. The zero-order valence-corrected chi connectivity index (χ0v) is 28.1. The predicted molar refractivity (Wildman–Crippen MR) is 191 cm³/mol. The molecule has 0 aliphatic carbocycles. The number of nitrogens with zero attached hydrogens (tertiary/aromatic N) is 2. The Kier molecular flexibility index (Phi) is 20.3. The van der Waals surface area contributed by atoms with Crippen molar-refractivity contribution in [3.63, 3.8) is 0 Å². The second kappa shape index (κ2) is 22.8. The molecule has 0 spiro atoms. The van der Waals surface area contributed by atoms with Crippen molar-refractivity contribution in [2.75, 3.05) is 13.1 Å². The summed E-state index contributed by atoms with van der Waals surface area (Å²) in [4.78, 5) is 7.16. The maximum absolute atomic E-state index is 4.43. The highest BCUT2D eigenvalue weighted by Gasteiger charge is 2.22. The number of hydrogen-bond donors (Lipinski definition) is 0. The molecule has 0 amide bonds. The molecule has 0 bridgehead atoms. The fourth-order valence-electron chi connectivity index (χ4n) is 5.71. The van der Waals surface area contributed by atoms with Gasteiger partial charge in [0.25, 0.3) is 0 Å². The Hall–Kier alpha value is -2.71. The molecule has 1 heterocycles. The molecule has 1 aliphatic heterocycles. The van der Waals surface area contributed by atoms with Gasteiger partial charge in [-0.1, -0.05) is 105 Å². The molecule has 0 aromatic rings. The second-order valence-electron chi connectivity index (χ2n) is 11.6. The second-order valence-corrected chi connectivity index (χ2v) is 11.6. The quantitative estimate of drug-likeness (QED) is 0.0761. The summed E-state index contributed by atoms with van der Waals surface area (Å²) in [5.74, 6) is 0.282. The lowest BCUT2D eigenvalue weighted by molar-refractivity contribution is 0.184. The highest BCUT2D eigenvalue weighted by molar-refractivity contribution is 5.65. The number of allylic oxidation sites excluding steroid dienone is 13. The molecular formula is C40H62N2. The first-order chi connectivity index (χ1) is 20.3. The molecule has 0 saturated carbocycles. The molecule has 2 nitrogen and oxygen atoms in total. The third-order valence-electron chi connectivity index (χ3n) is 8.18. The van der Waals surface area contributed by atoms with E-state index in [-0.39, 0.29) is 5.92 Å². The van der Waals surface area contributed by atoms with Gasteiger partial charge in [0.2, 0.25) is 0 Å². The third kappa shape index (κ3) is 14.5. The van der Waals surface area contributed by atoms with Crippen LogP contribution in [-0.4, -0.2) is 30.2 Å². The van der Waals surface area contributed by atoms with Crippen LogP contribution in [0.3, 0.4) is 0 Å². The van der Waals surface area contributed by atoms with Crippen LogP contribution in [0, 0.1) is 5.92 Å². The number of hydrogen-bond acceptors (Lipinski definition) is 2. The SMILES string of the molecule is C=CCCC(CCC)N1CCC(C/C=C(\C=C\CC)CCC(C=C)C(=C\C=C/CC)/C(=C\C)C/C=N\C(=C)C)=C(C)C1. The van der Waals surface area contributed by atoms with E-state index in [1.165, 1.54) is 48.9 Å². The molecule has 1 rings (SSSR count). The molecule has 232 valence electrons. The van der Waals surface area contributed by atoms with Gasteiger partial charge in [-0.3, -0.25) is 9.89 Å². The van der Waals surface area contributed by atoms with Gasteiger partial charge in [-0.05, 0) is 89.7 Å². The highest BCUT2D eigenvalue weighted by atomic mass is 15.2. The normalized spacial score (nSPS) is 17.5. The molecule has 0 aromatic heterocycles. The van der Waals surface area contributed by atoms with E-state index in [4.69, 9.17) is 0 Å². The fraction of sp³-hybridized carbons (Fsp3) is 0.525. The van der Waals surface area contributed by atoms with Crippen molar-refractivity contribution in [1.29, 1.82) is 0 Å². The topological polar surface area (TPSA) is 15.6 Å². The van der Waals surface area contributed by atoms with Crippen LogP contribution in [0.4, 0.5) is 0 Å². The monoisotopic (exact) mass is 570 g/mol. The number of aliphatic imine (C=N–C) groups is 1. The Labute approximate surface area is 260 Å². The van der Waals surface area contributed by atoms with E-state index in [0.29, 0.717) is 6.04 Å². The molecule has 2 unspecified atom stereocenters. The average molecular weight is 571 g/mol. The fourth-order valence-corrected chi connectivity index (χ4v) is 5.71. The van der Waals surface area contributed by atoms with E-state index in [1.807, 2.05) is 13.1 Å². The Balaban J connectivity index is 3.10. The van der Waals surface area contributed by atoms with Crippen molar-refractivity contribution in [2.45, 2.75) is 118 Å². The summed E-state index contributed by atoms with van der Waals surface area (Å²) in [5.41, 5.74) is 8.13. The Morgan fingerprint density at radius 2 is 1.83 bits per heavy atom. The molecule has 0 radical (unpaired) electrons. The van der Waals surface area contributed by atoms with Crippen molar-refractivity contribution in [3.8, 4) is 0 Å². The molecular weight excluding hydrogens is 508 g/mol. The van der Waals surface area contributed by atoms with Gasteiger partial charge in [-0.25, -0.2) is 0 Å². The summed E-state index contributed by atoms with van der Waals surface area (Å²) in [6.07, 6.45) is 34.4. The zero-order valence-electron chi connectivity index (χ0n) is 28.1. The third-order valence-corrected chi connectivity index (χ3v) is 8.18. The zero-order chi connectivity index (χ0) is 31.2. The minimum atomic E-state index is 0.282. The van der Waals surface area contributed by atoms with Gasteiger partial charge in [-0.2, -0.15) is 0 Å². The molecule has 42 heavy (non-hydrogen) atoms. The molecule has 1 aliphatic rings. The molecule has 0 aromatic carbocycles. The minimum absolute atomic E-state index is 0.282. The van der Waals surface area contributed by atoms with Gasteiger partial charge in [0.1, 0.15) is 0 Å². The van der Waals surface area contributed by atoms with E-state index in [2.05, 4.69) is 119 Å². The summed E-state index contributed by atoms with van der Waals surface area (Å²) in [5, 5.41) is 0. The highest BCUT2D eigenvalue weighted by Crippen LogP contribution is 2.30. The van der Waals surface area contributed by atoms with Gasteiger partial charge in [-0.15, -0.1) is 13.2 Å². The van der Waals surface area contributed by atoms with E-state index in [9.17, 15) is 0 Å². The average Bonchev–Trinajstić information content (AvgIpc) is 2.98. The van der Waals surface area contributed by atoms with Crippen molar-refractivity contribution in [2.24, 2.45) is 10.9 Å². The lowest BCUT2D eigenvalue weighted by atomic mass is 9.85. The van der Waals surface area contributed by atoms with Gasteiger partial charge >= 0.3 is 0 Å². The van der Waals surface area contributed by atoms with Crippen LogP contribution in [-0.2, 0) is 0 Å². The van der Waals surface area contributed by atoms with Gasteiger partial charge < -0.3 is 0 Å². The first kappa shape index (κ1) is 37.3. The summed E-state index contributed by atoms with van der Waals surface area (Å²) in [6.45, 7) is 27.5. The van der Waals surface area contributed by atoms with Crippen LogP contribution in [0.15, 0.2) is 113 Å². The van der Waals surface area contributed by atoms with E-state index >= 15 is 0 Å². The maximum Gasteiger partial charge on any atom is 0.0297 e. The lowest BCUT2D eigenvalue weighted by Crippen LogP contribution is -2.40. The van der Waals surface area contributed by atoms with Crippen molar-refractivity contribution in [3.05, 3.63) is 108 Å². The minimum Gasteiger partial charge on any atom is -0.296 e. The summed E-state index contributed by atoms with van der Waals surface area (Å²) in [6, 6.07) is 0.683. The summed E-state index contributed by atoms with van der Waals surface area (Å²) < 4.78 is 0. The van der Waals surface area contributed by atoms with Crippen LogP contribution >= 0.6 is 0 Å². The summed E-state index contributed by atoms with van der Waals surface area (Å²) >= 11 is 0. The first-order valence-electron chi connectivity index (χ1n) is 16.6. The van der Waals surface area contributed by atoms with Gasteiger partial charge in [0.05, 0.1) is 0 Å². The van der Waals surface area contributed by atoms with Crippen molar-refractivity contribution in [1.82, 2.24) is 4.90 Å². The van der Waals surface area contributed by atoms with Crippen molar-refractivity contribution >= 4 is 6.21 Å². The molecule has 0 saturated heterocycles. The van der Waals surface area contributed by atoms with Crippen LogP contribution in [0.5, 0.6) is 0 Å². The van der Waals surface area contributed by atoms with Crippen molar-refractivity contribution < 1.29 is 0 Å². The molecule has 0 fully saturated rings. The standard InChI is InChI=1S/C40H62N2/c1-10-16-19-23-40(37(15-6)28-30-41-33(7)8)36(14-5)26-24-35(21-17-11-2)25-27-38-29-31-42(32-34(38)9)39(20-13-4)22-18-12-3/h12,14-17,19,21,23,25,30,36,39H,3,5,7,10-11,13,18,20,22,24,26-29,31-32H2,1-2,4,6,8-9H3/b19-16-,21-17+,35-25+,37-15-,40-23+,41-30-. The van der Waals surface area contributed by atoms with E-state index in [0.717, 1.165) is 57.2 Å². The summed E-state index contributed by atoms with van der Waals surface area (Å²) in [7, 11) is 0. The molecule has 2 atom stereocenters. The molecule has 2 heteroatoms. The first-order valence-corrected chi connectivity index (χ1v) is 16.6. The molecule has 0 N–H and O–H groups in total. The Morgan fingerprint density at radius 3 is 2.43 bits per heavy atom. The van der Waals surface area contributed by atoms with Crippen LogP contribution in [0.25, 0.3) is 0 Å². The van der Waals surface area contributed by atoms with E-state index in [1.54, 1.807) is 11.1 Å². The van der Waals surface area contributed by atoms with Gasteiger partial charge in [0.15, 0.2) is 0 Å².